The van der Waals surface area contributed by atoms with E-state index in [2.05, 4.69) is 10.5 Å². The van der Waals surface area contributed by atoms with E-state index in [1.165, 1.54) is 0 Å². The van der Waals surface area contributed by atoms with Crippen LogP contribution in [0.4, 0.5) is 0 Å². The maximum Gasteiger partial charge on any atom is 0.295 e. The van der Waals surface area contributed by atoms with Gasteiger partial charge in [-0.25, -0.2) is 5.43 Å². The van der Waals surface area contributed by atoms with Crippen molar-refractivity contribution in [3.63, 3.8) is 0 Å². The summed E-state index contributed by atoms with van der Waals surface area (Å²) in [7, 11) is 7.49. The molecule has 0 heterocycles. The molecule has 0 unspecified atom stereocenters. The summed E-state index contributed by atoms with van der Waals surface area (Å²) in [6.45, 7) is 0.365. The van der Waals surface area contributed by atoms with Crippen molar-refractivity contribution < 1.29 is 14.0 Å². The Morgan fingerprint density at radius 3 is 2.64 bits per heavy atom. The second kappa shape index (κ2) is 6.58. The van der Waals surface area contributed by atoms with E-state index < -0.39 is 0 Å². The van der Waals surface area contributed by atoms with Crippen molar-refractivity contribution in [2.75, 3.05) is 34.8 Å². The van der Waals surface area contributed by atoms with Crippen molar-refractivity contribution >= 4 is 22.9 Å². The smallest absolute Gasteiger partial charge is 0.295 e. The lowest BCUT2D eigenvalue weighted by atomic mass is 10.0. The maximum absolute atomic E-state index is 11.8. The Morgan fingerprint density at radius 1 is 1.23 bits per heavy atom. The SMILES string of the molecule is COc1ccc2ccccc2c1/C=N/NC(=O)C[N+](C)(C)C. The highest BCUT2D eigenvalue weighted by atomic mass is 16.5. The molecule has 0 aromatic heterocycles. The van der Waals surface area contributed by atoms with E-state index in [1.54, 1.807) is 13.3 Å². The molecule has 2 aromatic carbocycles. The van der Waals surface area contributed by atoms with Crippen molar-refractivity contribution in [2.24, 2.45) is 5.10 Å². The van der Waals surface area contributed by atoms with Crippen LogP contribution < -0.4 is 10.2 Å². The summed E-state index contributed by atoms with van der Waals surface area (Å²) in [5, 5.41) is 6.20. The molecule has 0 fully saturated rings. The van der Waals surface area contributed by atoms with Gasteiger partial charge in [0, 0.05) is 5.56 Å². The lowest BCUT2D eigenvalue weighted by Gasteiger charge is -2.22. The average molecular weight is 300 g/mol. The summed E-state index contributed by atoms with van der Waals surface area (Å²) in [6, 6.07) is 11.9. The summed E-state index contributed by atoms with van der Waals surface area (Å²) in [5.74, 6) is 0.603. The first-order chi connectivity index (χ1) is 10.4. The van der Waals surface area contributed by atoms with Gasteiger partial charge in [-0.05, 0) is 16.8 Å². The highest BCUT2D eigenvalue weighted by molar-refractivity contribution is 6.02. The molecule has 0 aliphatic carbocycles. The maximum atomic E-state index is 11.8. The standard InChI is InChI=1S/C17H21N3O2/c1-20(2,3)12-17(21)19-18-11-15-14-8-6-5-7-13(14)9-10-16(15)22-4/h5-11H,12H2,1-4H3/p+1/b18-11+. The number of hydrogen-bond acceptors (Lipinski definition) is 3. The number of hydrazone groups is 1. The number of likely N-dealkylation sites (N-methyl/N-ethyl adjacent to an activating group) is 1. The fraction of sp³-hybridized carbons (Fsp3) is 0.294. The van der Waals surface area contributed by atoms with Gasteiger partial charge in [0.1, 0.15) is 5.75 Å². The van der Waals surface area contributed by atoms with Crippen molar-refractivity contribution in [3.05, 3.63) is 42.0 Å². The van der Waals surface area contributed by atoms with Gasteiger partial charge >= 0.3 is 0 Å². The fourth-order valence-electron chi connectivity index (χ4n) is 2.22. The van der Waals surface area contributed by atoms with Gasteiger partial charge in [0.25, 0.3) is 5.91 Å². The molecule has 1 N–H and O–H groups in total. The molecule has 0 atom stereocenters. The minimum Gasteiger partial charge on any atom is -0.496 e. The molecule has 0 spiro atoms. The Balaban J connectivity index is 2.23. The first-order valence-electron chi connectivity index (χ1n) is 7.09. The fourth-order valence-corrected chi connectivity index (χ4v) is 2.22. The monoisotopic (exact) mass is 300 g/mol. The second-order valence-electron chi connectivity index (χ2n) is 6.14. The van der Waals surface area contributed by atoms with Crippen LogP contribution in [0.15, 0.2) is 41.5 Å². The van der Waals surface area contributed by atoms with Gasteiger partial charge in [0.2, 0.25) is 0 Å². The number of rotatable bonds is 5. The highest BCUT2D eigenvalue weighted by Gasteiger charge is 2.13. The highest BCUT2D eigenvalue weighted by Crippen LogP contribution is 2.26. The van der Waals surface area contributed by atoms with Gasteiger partial charge in [-0.1, -0.05) is 30.3 Å². The summed E-state index contributed by atoms with van der Waals surface area (Å²) in [5.41, 5.74) is 3.42. The summed E-state index contributed by atoms with van der Waals surface area (Å²) in [4.78, 5) is 11.8. The van der Waals surface area contributed by atoms with Crippen LogP contribution in [-0.2, 0) is 4.79 Å². The van der Waals surface area contributed by atoms with Crippen LogP contribution in [0.3, 0.4) is 0 Å². The molecular formula is C17H22N3O2+. The van der Waals surface area contributed by atoms with Crippen molar-refractivity contribution in [1.82, 2.24) is 5.43 Å². The molecule has 0 saturated heterocycles. The third-order valence-corrected chi connectivity index (χ3v) is 3.15. The number of benzene rings is 2. The number of hydrogen-bond donors (Lipinski definition) is 1. The van der Waals surface area contributed by atoms with E-state index in [9.17, 15) is 4.79 Å². The van der Waals surface area contributed by atoms with Crippen molar-refractivity contribution in [3.8, 4) is 5.75 Å². The number of fused-ring (bicyclic) bond motifs is 1. The lowest BCUT2D eigenvalue weighted by molar-refractivity contribution is -0.862. The molecule has 0 aliphatic heterocycles. The van der Waals surface area contributed by atoms with Gasteiger partial charge in [-0.3, -0.25) is 4.79 Å². The van der Waals surface area contributed by atoms with Crippen LogP contribution in [0.25, 0.3) is 10.8 Å². The van der Waals surface area contributed by atoms with E-state index in [-0.39, 0.29) is 5.91 Å². The van der Waals surface area contributed by atoms with Crippen molar-refractivity contribution in [2.45, 2.75) is 0 Å². The van der Waals surface area contributed by atoms with Crippen LogP contribution in [-0.4, -0.2) is 51.4 Å². The second-order valence-corrected chi connectivity index (χ2v) is 6.14. The van der Waals surface area contributed by atoms with E-state index in [0.29, 0.717) is 11.0 Å². The molecule has 0 radical (unpaired) electrons. The number of ether oxygens (including phenoxy) is 1. The number of quaternary nitrogens is 1. The van der Waals surface area contributed by atoms with Crippen LogP contribution >= 0.6 is 0 Å². The molecule has 0 saturated carbocycles. The largest absolute Gasteiger partial charge is 0.496 e. The van der Waals surface area contributed by atoms with Gasteiger partial charge in [-0.2, -0.15) is 5.10 Å². The average Bonchev–Trinajstić information content (AvgIpc) is 2.45. The third kappa shape index (κ3) is 4.05. The van der Waals surface area contributed by atoms with Crippen LogP contribution in [0.5, 0.6) is 5.75 Å². The Morgan fingerprint density at radius 2 is 1.95 bits per heavy atom. The predicted octanol–water partition coefficient (Wildman–Crippen LogP) is 2.00. The molecular weight excluding hydrogens is 278 g/mol. The lowest BCUT2D eigenvalue weighted by Crippen LogP contribution is -2.43. The minimum absolute atomic E-state index is 0.122. The van der Waals surface area contributed by atoms with Gasteiger partial charge < -0.3 is 9.22 Å². The topological polar surface area (TPSA) is 50.7 Å². The Kier molecular flexibility index (Phi) is 4.78. The number of amides is 1. The number of carbonyl (C=O) groups excluding carboxylic acids is 1. The predicted molar refractivity (Wildman–Crippen MR) is 89.1 cm³/mol. The van der Waals surface area contributed by atoms with Crippen LogP contribution in [0.1, 0.15) is 5.56 Å². The number of nitrogens with one attached hydrogen (secondary N) is 1. The molecule has 2 rings (SSSR count). The molecule has 5 heteroatoms. The molecule has 0 bridgehead atoms. The number of carbonyl (C=O) groups is 1. The Hall–Kier alpha value is -2.40. The molecule has 116 valence electrons. The van der Waals surface area contributed by atoms with Crippen LogP contribution in [0.2, 0.25) is 0 Å². The Bertz CT molecular complexity index is 703. The minimum atomic E-state index is -0.122. The third-order valence-electron chi connectivity index (χ3n) is 3.15. The number of methoxy groups -OCH3 is 1. The number of nitrogens with zero attached hydrogens (tertiary/aromatic N) is 2. The zero-order valence-electron chi connectivity index (χ0n) is 13.5. The zero-order valence-corrected chi connectivity index (χ0v) is 13.5. The molecule has 1 amide bonds. The zero-order chi connectivity index (χ0) is 16.2. The Labute approximate surface area is 130 Å². The normalized spacial score (nSPS) is 11.8. The van der Waals surface area contributed by atoms with Gasteiger partial charge in [-0.15, -0.1) is 0 Å². The molecule has 0 aliphatic rings. The van der Waals surface area contributed by atoms with E-state index >= 15 is 0 Å². The molecule has 22 heavy (non-hydrogen) atoms. The summed E-state index contributed by atoms with van der Waals surface area (Å²) in [6.07, 6.45) is 1.63. The summed E-state index contributed by atoms with van der Waals surface area (Å²) >= 11 is 0. The molecule has 5 nitrogen and oxygen atoms in total. The molecule has 2 aromatic rings. The van der Waals surface area contributed by atoms with Crippen LogP contribution in [0, 0.1) is 0 Å². The first kappa shape index (κ1) is 16.0. The van der Waals surface area contributed by atoms with E-state index in [0.717, 1.165) is 22.1 Å². The first-order valence-corrected chi connectivity index (χ1v) is 7.09. The van der Waals surface area contributed by atoms with Gasteiger partial charge in [0.05, 0.1) is 34.5 Å². The van der Waals surface area contributed by atoms with Gasteiger partial charge in [0.15, 0.2) is 6.54 Å². The quantitative estimate of drug-likeness (QED) is 0.522. The van der Waals surface area contributed by atoms with E-state index in [1.807, 2.05) is 57.5 Å². The van der Waals surface area contributed by atoms with E-state index in [4.69, 9.17) is 4.74 Å². The van der Waals surface area contributed by atoms with Crippen molar-refractivity contribution in [1.29, 1.82) is 0 Å². The summed E-state index contributed by atoms with van der Waals surface area (Å²) < 4.78 is 5.94.